The monoisotopic (exact) mass is 431 g/mol. The first kappa shape index (κ1) is 22.3. The lowest BCUT2D eigenvalue weighted by molar-refractivity contribution is -0.129. The largest absolute Gasteiger partial charge is 0.383 e. The molecule has 1 aliphatic carbocycles. The van der Waals surface area contributed by atoms with Crippen LogP contribution in [-0.4, -0.2) is 30.9 Å². The van der Waals surface area contributed by atoms with E-state index in [9.17, 15) is 14.0 Å². The highest BCUT2D eigenvalue weighted by molar-refractivity contribution is 7.10. The van der Waals surface area contributed by atoms with Gasteiger partial charge >= 0.3 is 0 Å². The van der Waals surface area contributed by atoms with E-state index in [4.69, 9.17) is 0 Å². The molecule has 0 radical (unpaired) electrons. The smallest absolute Gasteiger partial charge is 0.242 e. The molecule has 1 aliphatic rings. The summed E-state index contributed by atoms with van der Waals surface area (Å²) in [7, 11) is 0. The Kier molecular flexibility index (Phi) is 8.68. The second-order valence-corrected chi connectivity index (χ2v) is 8.87. The molecule has 0 bridgehead atoms. The van der Waals surface area contributed by atoms with Crippen molar-refractivity contribution < 1.29 is 14.0 Å². The van der Waals surface area contributed by atoms with Crippen molar-refractivity contribution in [2.75, 3.05) is 18.4 Å². The highest BCUT2D eigenvalue weighted by atomic mass is 32.1. The molecule has 0 spiro atoms. The quantitative estimate of drug-likeness (QED) is 0.496. The number of amides is 2. The lowest BCUT2D eigenvalue weighted by Crippen LogP contribution is -2.49. The van der Waals surface area contributed by atoms with Crippen molar-refractivity contribution in [3.05, 3.63) is 52.5 Å². The molecule has 5 nitrogen and oxygen atoms in total. The van der Waals surface area contributed by atoms with Crippen LogP contribution in [0.25, 0.3) is 0 Å². The van der Waals surface area contributed by atoms with E-state index in [2.05, 4.69) is 16.0 Å². The van der Waals surface area contributed by atoms with Gasteiger partial charge in [-0.3, -0.25) is 9.59 Å². The molecular formula is C23H30FN3O2S. The molecule has 30 heavy (non-hydrogen) atoms. The Hall–Kier alpha value is -2.41. The maximum Gasteiger partial charge on any atom is 0.242 e. The number of rotatable bonds is 10. The van der Waals surface area contributed by atoms with Crippen molar-refractivity contribution in [3.63, 3.8) is 0 Å². The van der Waals surface area contributed by atoms with E-state index in [0.717, 1.165) is 23.4 Å². The summed E-state index contributed by atoms with van der Waals surface area (Å²) in [5, 5.41) is 11.0. The fraction of sp³-hybridized carbons (Fsp3) is 0.478. The van der Waals surface area contributed by atoms with E-state index in [0.29, 0.717) is 31.8 Å². The summed E-state index contributed by atoms with van der Waals surface area (Å²) < 4.78 is 13.0. The van der Waals surface area contributed by atoms with Crippen molar-refractivity contribution in [1.82, 2.24) is 10.6 Å². The Morgan fingerprint density at radius 2 is 1.83 bits per heavy atom. The van der Waals surface area contributed by atoms with Crippen LogP contribution in [0.3, 0.4) is 0 Å². The van der Waals surface area contributed by atoms with Crippen LogP contribution in [0.5, 0.6) is 0 Å². The zero-order chi connectivity index (χ0) is 21.2. The van der Waals surface area contributed by atoms with Gasteiger partial charge in [0, 0.05) is 23.7 Å². The maximum atomic E-state index is 13.0. The Morgan fingerprint density at radius 1 is 1.07 bits per heavy atom. The van der Waals surface area contributed by atoms with Gasteiger partial charge in [0.05, 0.1) is 6.42 Å². The number of hydrogen-bond donors (Lipinski definition) is 3. The fourth-order valence-electron chi connectivity index (χ4n) is 3.89. The van der Waals surface area contributed by atoms with Gasteiger partial charge in [0.1, 0.15) is 11.9 Å². The molecular weight excluding hydrogens is 401 g/mol. The SMILES string of the molecule is O=C(Cc1cccs1)N[C@@H](CC1CCCCC1)C(=O)NCCNc1ccc(F)cc1. The lowest BCUT2D eigenvalue weighted by Gasteiger charge is -2.26. The molecule has 2 amide bonds. The number of thiophene rings is 1. The number of nitrogens with one attached hydrogen (secondary N) is 3. The number of carbonyl (C=O) groups is 2. The van der Waals surface area contributed by atoms with Crippen LogP contribution in [-0.2, 0) is 16.0 Å². The van der Waals surface area contributed by atoms with Crippen LogP contribution in [0.1, 0.15) is 43.4 Å². The first-order valence-electron chi connectivity index (χ1n) is 10.7. The van der Waals surface area contributed by atoms with Crippen molar-refractivity contribution in [2.45, 2.75) is 51.0 Å². The Balaban J connectivity index is 1.49. The van der Waals surface area contributed by atoms with Gasteiger partial charge in [-0.1, -0.05) is 38.2 Å². The summed E-state index contributed by atoms with van der Waals surface area (Å²) >= 11 is 1.54. The van der Waals surface area contributed by atoms with Gasteiger partial charge in [0.15, 0.2) is 0 Å². The highest BCUT2D eigenvalue weighted by Gasteiger charge is 2.25. The van der Waals surface area contributed by atoms with E-state index in [1.54, 1.807) is 23.5 Å². The minimum Gasteiger partial charge on any atom is -0.383 e. The number of hydrogen-bond acceptors (Lipinski definition) is 4. The van der Waals surface area contributed by atoms with Gasteiger partial charge in [-0.25, -0.2) is 4.39 Å². The van der Waals surface area contributed by atoms with Gasteiger partial charge in [0.25, 0.3) is 0 Å². The molecule has 1 aromatic heterocycles. The Labute approximate surface area is 181 Å². The van der Waals surface area contributed by atoms with Crippen LogP contribution in [0.2, 0.25) is 0 Å². The third-order valence-electron chi connectivity index (χ3n) is 5.46. The number of benzene rings is 1. The molecule has 1 aromatic carbocycles. The van der Waals surface area contributed by atoms with E-state index >= 15 is 0 Å². The summed E-state index contributed by atoms with van der Waals surface area (Å²) in [5.41, 5.74) is 0.800. The van der Waals surface area contributed by atoms with Gasteiger partial charge in [-0.15, -0.1) is 11.3 Å². The second-order valence-electron chi connectivity index (χ2n) is 7.84. The predicted molar refractivity (Wildman–Crippen MR) is 119 cm³/mol. The normalized spacial score (nSPS) is 15.4. The summed E-state index contributed by atoms with van der Waals surface area (Å²) in [6.07, 6.45) is 6.89. The van der Waals surface area contributed by atoms with E-state index in [-0.39, 0.29) is 17.6 Å². The summed E-state index contributed by atoms with van der Waals surface area (Å²) in [6.45, 7) is 0.953. The molecule has 1 saturated carbocycles. The minimum atomic E-state index is -0.508. The maximum absolute atomic E-state index is 13.0. The number of halogens is 1. The zero-order valence-corrected chi connectivity index (χ0v) is 18.0. The third kappa shape index (κ3) is 7.44. The average Bonchev–Trinajstić information content (AvgIpc) is 3.25. The minimum absolute atomic E-state index is 0.113. The second kappa shape index (κ2) is 11.7. The van der Waals surface area contributed by atoms with Crippen LogP contribution in [0, 0.1) is 11.7 Å². The van der Waals surface area contributed by atoms with Crippen molar-refractivity contribution in [2.24, 2.45) is 5.92 Å². The summed E-state index contributed by atoms with van der Waals surface area (Å²) in [5.74, 6) is -0.0505. The topological polar surface area (TPSA) is 70.2 Å². The van der Waals surface area contributed by atoms with Crippen LogP contribution in [0.4, 0.5) is 10.1 Å². The molecule has 2 aromatic rings. The molecule has 3 rings (SSSR count). The average molecular weight is 432 g/mol. The zero-order valence-electron chi connectivity index (χ0n) is 17.2. The summed E-state index contributed by atoms with van der Waals surface area (Å²) in [6, 6.07) is 9.46. The molecule has 7 heteroatoms. The number of anilines is 1. The molecule has 0 saturated heterocycles. The Morgan fingerprint density at radius 3 is 2.53 bits per heavy atom. The van der Waals surface area contributed by atoms with E-state index in [1.165, 1.54) is 31.4 Å². The molecule has 0 aliphatic heterocycles. The highest BCUT2D eigenvalue weighted by Crippen LogP contribution is 2.27. The summed E-state index contributed by atoms with van der Waals surface area (Å²) in [4.78, 5) is 26.3. The van der Waals surface area contributed by atoms with Gasteiger partial charge < -0.3 is 16.0 Å². The van der Waals surface area contributed by atoms with Crippen molar-refractivity contribution in [3.8, 4) is 0 Å². The molecule has 0 unspecified atom stereocenters. The van der Waals surface area contributed by atoms with Gasteiger partial charge in [0.2, 0.25) is 11.8 Å². The molecule has 1 heterocycles. The molecule has 1 fully saturated rings. The first-order valence-corrected chi connectivity index (χ1v) is 11.6. The van der Waals surface area contributed by atoms with E-state index < -0.39 is 6.04 Å². The third-order valence-corrected chi connectivity index (χ3v) is 6.33. The number of carbonyl (C=O) groups excluding carboxylic acids is 2. The van der Waals surface area contributed by atoms with Crippen molar-refractivity contribution in [1.29, 1.82) is 0 Å². The molecule has 162 valence electrons. The van der Waals surface area contributed by atoms with Crippen molar-refractivity contribution >= 4 is 28.8 Å². The fourth-order valence-corrected chi connectivity index (χ4v) is 4.59. The lowest BCUT2D eigenvalue weighted by atomic mass is 9.84. The van der Waals surface area contributed by atoms with E-state index in [1.807, 2.05) is 17.5 Å². The predicted octanol–water partition coefficient (Wildman–Crippen LogP) is 4.11. The first-order chi connectivity index (χ1) is 14.6. The molecule has 1 atom stereocenters. The van der Waals surface area contributed by atoms with Gasteiger partial charge in [-0.05, 0) is 48.1 Å². The standard InChI is InChI=1S/C23H30FN3O2S/c24-18-8-10-19(11-9-18)25-12-13-26-23(29)21(15-17-5-2-1-3-6-17)27-22(28)16-20-7-4-14-30-20/h4,7-11,14,17,21,25H,1-3,5-6,12-13,15-16H2,(H,26,29)(H,27,28)/t21-/m0/s1. The molecule has 3 N–H and O–H groups in total. The van der Waals surface area contributed by atoms with Crippen LogP contribution in [0.15, 0.2) is 41.8 Å². The van der Waals surface area contributed by atoms with Crippen LogP contribution < -0.4 is 16.0 Å². The van der Waals surface area contributed by atoms with Crippen LogP contribution >= 0.6 is 11.3 Å². The Bertz CT molecular complexity index is 789. The van der Waals surface area contributed by atoms with Gasteiger partial charge in [-0.2, -0.15) is 0 Å².